The van der Waals surface area contributed by atoms with Crippen molar-refractivity contribution in [3.8, 4) is 11.1 Å². The van der Waals surface area contributed by atoms with Crippen molar-refractivity contribution in [1.29, 1.82) is 0 Å². The van der Waals surface area contributed by atoms with Crippen molar-refractivity contribution >= 4 is 17.0 Å². The monoisotopic (exact) mass is 458 g/mol. The van der Waals surface area contributed by atoms with E-state index >= 15 is 0 Å². The van der Waals surface area contributed by atoms with Gasteiger partial charge in [-0.1, -0.05) is 31.7 Å². The lowest BCUT2D eigenvalue weighted by Gasteiger charge is -2.24. The Hall–Kier alpha value is -3.57. The Morgan fingerprint density at radius 3 is 2.45 bits per heavy atom. The summed E-state index contributed by atoms with van der Waals surface area (Å²) in [4.78, 5) is 5.91. The molecule has 0 unspecified atom stereocenters. The maximum atomic E-state index is 6.03. The zero-order valence-corrected chi connectivity index (χ0v) is 20.8. The van der Waals surface area contributed by atoms with E-state index in [9.17, 15) is 0 Å². The minimum Gasteiger partial charge on any atom is -0.399 e. The first-order chi connectivity index (χ1) is 16.0. The van der Waals surface area contributed by atoms with Gasteiger partial charge in [-0.3, -0.25) is 4.98 Å². The van der Waals surface area contributed by atoms with Crippen molar-refractivity contribution in [3.05, 3.63) is 119 Å². The Labute approximate surface area is 202 Å². The lowest BCUT2D eigenvalue weighted by Crippen LogP contribution is -2.19. The molecule has 0 amide bonds. The minimum atomic E-state index is 0.755. The van der Waals surface area contributed by atoms with Crippen molar-refractivity contribution in [2.24, 2.45) is 5.73 Å². The van der Waals surface area contributed by atoms with Crippen molar-refractivity contribution in [2.45, 2.75) is 27.2 Å². The zero-order valence-electron chi connectivity index (χ0n) is 20.0. The highest BCUT2D eigenvalue weighted by Gasteiger charge is 2.11. The summed E-state index contributed by atoms with van der Waals surface area (Å²) in [6.07, 6.45) is 12.3. The van der Waals surface area contributed by atoms with Crippen LogP contribution in [0.3, 0.4) is 0 Å². The van der Waals surface area contributed by atoms with E-state index < -0.39 is 0 Å². The maximum Gasteiger partial charge on any atom is 0.0642 e. The van der Waals surface area contributed by atoms with Gasteiger partial charge in [0.05, 0.1) is 5.70 Å². The van der Waals surface area contributed by atoms with Gasteiger partial charge in [-0.2, -0.15) is 11.3 Å². The van der Waals surface area contributed by atoms with Crippen LogP contribution in [0.2, 0.25) is 0 Å². The molecule has 3 aromatic rings. The van der Waals surface area contributed by atoms with Crippen LogP contribution in [0, 0.1) is 6.92 Å². The Morgan fingerprint density at radius 1 is 1.15 bits per heavy atom. The molecule has 4 nitrogen and oxygen atoms in total. The molecule has 0 fully saturated rings. The summed E-state index contributed by atoms with van der Waals surface area (Å²) in [6.45, 7) is 10.2. The Morgan fingerprint density at radius 2 is 1.91 bits per heavy atom. The summed E-state index contributed by atoms with van der Waals surface area (Å²) in [5, 5.41) is 7.48. The first-order valence-corrected chi connectivity index (χ1v) is 11.9. The summed E-state index contributed by atoms with van der Waals surface area (Å²) in [6, 6.07) is 14.5. The maximum absolute atomic E-state index is 6.03. The molecule has 0 saturated heterocycles. The fourth-order valence-electron chi connectivity index (χ4n) is 3.03. The molecule has 0 atom stereocenters. The third-order valence-corrected chi connectivity index (χ3v) is 5.58. The highest BCUT2D eigenvalue weighted by Crippen LogP contribution is 2.29. The van der Waals surface area contributed by atoms with Gasteiger partial charge in [-0.25, -0.2) is 0 Å². The molecule has 0 saturated carbocycles. The SMILES string of the molecule is C=CN(C(/C=C/C(N)=CCC)=C(\C)NC)c1cccc(-c2ccsc2)c1.Cc1ccncc1. The fourth-order valence-corrected chi connectivity index (χ4v) is 3.69. The average molecular weight is 459 g/mol. The smallest absolute Gasteiger partial charge is 0.0642 e. The van der Waals surface area contributed by atoms with Gasteiger partial charge in [0.2, 0.25) is 0 Å². The first-order valence-electron chi connectivity index (χ1n) is 10.9. The van der Waals surface area contributed by atoms with Crippen molar-refractivity contribution in [1.82, 2.24) is 10.3 Å². The molecule has 172 valence electrons. The number of nitrogens with zero attached hydrogens (tertiary/aromatic N) is 2. The highest BCUT2D eigenvalue weighted by molar-refractivity contribution is 7.08. The van der Waals surface area contributed by atoms with E-state index in [2.05, 4.69) is 69.8 Å². The number of nitrogens with two attached hydrogens (primary N) is 1. The molecular weight excluding hydrogens is 424 g/mol. The van der Waals surface area contributed by atoms with Crippen LogP contribution in [0.25, 0.3) is 11.1 Å². The normalized spacial score (nSPS) is 11.9. The van der Waals surface area contributed by atoms with Gasteiger partial charge >= 0.3 is 0 Å². The Bertz CT molecular complexity index is 1080. The second-order valence-corrected chi connectivity index (χ2v) is 8.13. The van der Waals surface area contributed by atoms with Crippen LogP contribution in [0.5, 0.6) is 0 Å². The standard InChI is InChI=1S/C22H27N3S.C6H7N/c1-5-8-20(23)11-12-22(17(3)24-4)25(6-2)21-10-7-9-18(15-21)19-13-14-26-16-19;1-6-2-4-7-5-3-6/h6-16,24H,2,5,23H2,1,3-4H3;2-5H,1H3/b12-11+,20-8?,22-17+;. The number of allylic oxidation sites excluding steroid dienone is 4. The van der Waals surface area contributed by atoms with E-state index in [-0.39, 0.29) is 0 Å². The molecule has 3 N–H and O–H groups in total. The van der Waals surface area contributed by atoms with Gasteiger partial charge in [0.15, 0.2) is 0 Å². The highest BCUT2D eigenvalue weighted by atomic mass is 32.1. The van der Waals surface area contributed by atoms with Crippen LogP contribution < -0.4 is 16.0 Å². The van der Waals surface area contributed by atoms with Gasteiger partial charge in [0.25, 0.3) is 0 Å². The summed E-state index contributed by atoms with van der Waals surface area (Å²) in [5.41, 5.74) is 13.5. The summed E-state index contributed by atoms with van der Waals surface area (Å²) in [5.74, 6) is 0. The molecule has 0 aliphatic heterocycles. The second kappa shape index (κ2) is 13.8. The summed E-state index contributed by atoms with van der Waals surface area (Å²) < 4.78 is 0. The van der Waals surface area contributed by atoms with E-state index in [0.29, 0.717) is 0 Å². The van der Waals surface area contributed by atoms with Crippen LogP contribution in [-0.2, 0) is 0 Å². The van der Waals surface area contributed by atoms with Crippen molar-refractivity contribution in [2.75, 3.05) is 11.9 Å². The molecule has 0 aliphatic carbocycles. The molecule has 2 aromatic heterocycles. The number of benzene rings is 1. The molecule has 2 heterocycles. The first kappa shape index (κ1) is 25.7. The van der Waals surface area contributed by atoms with E-state index in [4.69, 9.17) is 5.73 Å². The topological polar surface area (TPSA) is 54.2 Å². The van der Waals surface area contributed by atoms with Crippen LogP contribution in [0.1, 0.15) is 25.8 Å². The molecule has 0 spiro atoms. The van der Waals surface area contributed by atoms with E-state index in [1.807, 2.05) is 57.5 Å². The number of aromatic nitrogens is 1. The van der Waals surface area contributed by atoms with Crippen LogP contribution in [-0.4, -0.2) is 12.0 Å². The van der Waals surface area contributed by atoms with Gasteiger partial charge < -0.3 is 16.0 Å². The minimum absolute atomic E-state index is 0.755. The number of hydrogen-bond acceptors (Lipinski definition) is 5. The molecule has 3 rings (SSSR count). The number of thiophene rings is 1. The predicted molar refractivity (Wildman–Crippen MR) is 145 cm³/mol. The van der Waals surface area contributed by atoms with Gasteiger partial charge in [-0.15, -0.1) is 0 Å². The molecule has 33 heavy (non-hydrogen) atoms. The average Bonchev–Trinajstić information content (AvgIpc) is 3.38. The van der Waals surface area contributed by atoms with E-state index in [1.165, 1.54) is 16.7 Å². The quantitative estimate of drug-likeness (QED) is 0.356. The Balaban J connectivity index is 0.000000468. The van der Waals surface area contributed by atoms with Crippen LogP contribution >= 0.6 is 11.3 Å². The number of nitrogens with one attached hydrogen (secondary N) is 1. The number of hydrogen-bond donors (Lipinski definition) is 2. The van der Waals surface area contributed by atoms with E-state index in [1.54, 1.807) is 23.7 Å². The molecule has 0 radical (unpaired) electrons. The lowest BCUT2D eigenvalue weighted by molar-refractivity contribution is 0.950. The van der Waals surface area contributed by atoms with Crippen molar-refractivity contribution < 1.29 is 0 Å². The molecule has 5 heteroatoms. The lowest BCUT2D eigenvalue weighted by atomic mass is 10.1. The summed E-state index contributed by atoms with van der Waals surface area (Å²) in [7, 11) is 1.91. The van der Waals surface area contributed by atoms with Crippen LogP contribution in [0.4, 0.5) is 5.69 Å². The van der Waals surface area contributed by atoms with Gasteiger partial charge in [-0.05, 0) is 90.2 Å². The number of pyridine rings is 1. The molecule has 0 bridgehead atoms. The largest absolute Gasteiger partial charge is 0.399 e. The van der Waals surface area contributed by atoms with Crippen LogP contribution in [0.15, 0.2) is 114 Å². The zero-order chi connectivity index (χ0) is 24.1. The molecule has 1 aromatic carbocycles. The van der Waals surface area contributed by atoms with Crippen molar-refractivity contribution in [3.63, 3.8) is 0 Å². The van der Waals surface area contributed by atoms with E-state index in [0.717, 1.165) is 29.2 Å². The number of anilines is 1. The molecular formula is C28H34N4S. The molecule has 0 aliphatic rings. The summed E-state index contributed by atoms with van der Waals surface area (Å²) >= 11 is 1.70. The predicted octanol–water partition coefficient (Wildman–Crippen LogP) is 7.01. The third-order valence-electron chi connectivity index (χ3n) is 4.90. The van der Waals surface area contributed by atoms with Gasteiger partial charge in [0.1, 0.15) is 0 Å². The third kappa shape index (κ3) is 8.13. The second-order valence-electron chi connectivity index (χ2n) is 7.35. The number of rotatable bonds is 8. The number of aryl methyl sites for hydroxylation is 1. The fraction of sp³-hybridized carbons (Fsp3) is 0.179. The Kier molecular flexibility index (Phi) is 10.7. The van der Waals surface area contributed by atoms with Gasteiger partial charge in [0, 0.05) is 42.7 Å².